The third kappa shape index (κ3) is 3.47. The first-order valence-electron chi connectivity index (χ1n) is 5.83. The minimum absolute atomic E-state index is 0.148. The van der Waals surface area contributed by atoms with Gasteiger partial charge < -0.3 is 4.74 Å². The second kappa shape index (κ2) is 6.41. The molecule has 3 heteroatoms. The molecule has 0 saturated heterocycles. The van der Waals surface area contributed by atoms with Crippen LogP contribution in [0.3, 0.4) is 0 Å². The van der Waals surface area contributed by atoms with Gasteiger partial charge in [0.05, 0.1) is 0 Å². The standard InChI is InChI=1S/C15H14ClFO/c16-10-9-15(12-5-2-1-3-6-12)18-14-8-4-7-13(17)11-14/h1-8,11,15H,9-10H2. The molecule has 2 aromatic carbocycles. The number of rotatable bonds is 5. The van der Waals surface area contributed by atoms with Crippen molar-refractivity contribution in [1.82, 2.24) is 0 Å². The van der Waals surface area contributed by atoms with Gasteiger partial charge in [-0.15, -0.1) is 11.6 Å². The summed E-state index contributed by atoms with van der Waals surface area (Å²) in [5, 5.41) is 0. The molecule has 0 radical (unpaired) electrons. The topological polar surface area (TPSA) is 9.23 Å². The van der Waals surface area contributed by atoms with Gasteiger partial charge in [-0.05, 0) is 17.7 Å². The first kappa shape index (κ1) is 12.9. The molecule has 1 nitrogen and oxygen atoms in total. The van der Waals surface area contributed by atoms with Gasteiger partial charge >= 0.3 is 0 Å². The lowest BCUT2D eigenvalue weighted by Crippen LogP contribution is -2.08. The quantitative estimate of drug-likeness (QED) is 0.719. The average molecular weight is 265 g/mol. The van der Waals surface area contributed by atoms with Crippen molar-refractivity contribution in [2.24, 2.45) is 0 Å². The van der Waals surface area contributed by atoms with Crippen LogP contribution in [-0.4, -0.2) is 5.88 Å². The zero-order valence-electron chi connectivity index (χ0n) is 9.85. The molecule has 0 heterocycles. The molecule has 0 amide bonds. The highest BCUT2D eigenvalue weighted by molar-refractivity contribution is 6.17. The molecule has 0 saturated carbocycles. The predicted molar refractivity (Wildman–Crippen MR) is 71.5 cm³/mol. The van der Waals surface area contributed by atoms with Crippen LogP contribution in [0.2, 0.25) is 0 Å². The van der Waals surface area contributed by atoms with Gasteiger partial charge in [0.15, 0.2) is 0 Å². The van der Waals surface area contributed by atoms with Crippen LogP contribution in [0.25, 0.3) is 0 Å². The first-order chi connectivity index (χ1) is 8.79. The number of benzene rings is 2. The fourth-order valence-corrected chi connectivity index (χ4v) is 1.96. The lowest BCUT2D eigenvalue weighted by atomic mass is 10.1. The van der Waals surface area contributed by atoms with E-state index in [9.17, 15) is 4.39 Å². The van der Waals surface area contributed by atoms with Crippen LogP contribution in [0.5, 0.6) is 5.75 Å². The van der Waals surface area contributed by atoms with Crippen molar-refractivity contribution in [3.8, 4) is 5.75 Å². The maximum atomic E-state index is 13.1. The molecule has 0 aromatic heterocycles. The molecule has 0 aliphatic rings. The first-order valence-corrected chi connectivity index (χ1v) is 6.36. The zero-order valence-corrected chi connectivity index (χ0v) is 10.6. The van der Waals surface area contributed by atoms with Gasteiger partial charge in [-0.2, -0.15) is 0 Å². The smallest absolute Gasteiger partial charge is 0.126 e. The van der Waals surface area contributed by atoms with Gasteiger partial charge in [-0.25, -0.2) is 4.39 Å². The second-order valence-electron chi connectivity index (χ2n) is 3.95. The molecular weight excluding hydrogens is 251 g/mol. The van der Waals surface area contributed by atoms with E-state index >= 15 is 0 Å². The molecule has 1 atom stereocenters. The maximum Gasteiger partial charge on any atom is 0.126 e. The van der Waals surface area contributed by atoms with E-state index in [-0.39, 0.29) is 11.9 Å². The van der Waals surface area contributed by atoms with E-state index < -0.39 is 0 Å². The third-order valence-electron chi connectivity index (χ3n) is 2.62. The highest BCUT2D eigenvalue weighted by atomic mass is 35.5. The van der Waals surface area contributed by atoms with E-state index in [1.165, 1.54) is 12.1 Å². The van der Waals surface area contributed by atoms with Gasteiger partial charge in [0.2, 0.25) is 0 Å². The molecule has 2 aromatic rings. The summed E-state index contributed by atoms with van der Waals surface area (Å²) < 4.78 is 18.9. The van der Waals surface area contributed by atoms with E-state index in [4.69, 9.17) is 16.3 Å². The number of alkyl halides is 1. The van der Waals surface area contributed by atoms with Crippen molar-refractivity contribution in [3.05, 3.63) is 66.0 Å². The molecule has 2 rings (SSSR count). The molecule has 0 aliphatic carbocycles. The highest BCUT2D eigenvalue weighted by Gasteiger charge is 2.12. The summed E-state index contributed by atoms with van der Waals surface area (Å²) in [5.74, 6) is 0.716. The Morgan fingerprint density at radius 1 is 1.06 bits per heavy atom. The Balaban J connectivity index is 2.16. The Morgan fingerprint density at radius 2 is 1.83 bits per heavy atom. The number of hydrogen-bond acceptors (Lipinski definition) is 1. The van der Waals surface area contributed by atoms with Crippen molar-refractivity contribution < 1.29 is 9.13 Å². The van der Waals surface area contributed by atoms with Crippen molar-refractivity contribution in [2.45, 2.75) is 12.5 Å². The molecule has 0 bridgehead atoms. The monoisotopic (exact) mass is 264 g/mol. The minimum Gasteiger partial charge on any atom is -0.486 e. The van der Waals surface area contributed by atoms with Crippen molar-refractivity contribution in [3.63, 3.8) is 0 Å². The summed E-state index contributed by atoms with van der Waals surface area (Å²) in [6.45, 7) is 0. The van der Waals surface area contributed by atoms with Gasteiger partial charge in [0.1, 0.15) is 17.7 Å². The van der Waals surface area contributed by atoms with Gasteiger partial charge in [0.25, 0.3) is 0 Å². The summed E-state index contributed by atoms with van der Waals surface area (Å²) in [6.07, 6.45) is 0.535. The Hall–Kier alpha value is -1.54. The van der Waals surface area contributed by atoms with E-state index in [0.29, 0.717) is 18.1 Å². The SMILES string of the molecule is Fc1cccc(OC(CCCl)c2ccccc2)c1. The molecule has 18 heavy (non-hydrogen) atoms. The van der Waals surface area contributed by atoms with Gasteiger partial charge in [0, 0.05) is 18.4 Å². The predicted octanol–water partition coefficient (Wildman–Crippen LogP) is 4.57. The maximum absolute atomic E-state index is 13.1. The van der Waals surface area contributed by atoms with Crippen LogP contribution < -0.4 is 4.74 Å². The van der Waals surface area contributed by atoms with Crippen LogP contribution >= 0.6 is 11.6 Å². The Morgan fingerprint density at radius 3 is 2.50 bits per heavy atom. The molecule has 0 spiro atoms. The van der Waals surface area contributed by atoms with Crippen LogP contribution in [0.15, 0.2) is 54.6 Å². The van der Waals surface area contributed by atoms with Gasteiger partial charge in [-0.1, -0.05) is 36.4 Å². The summed E-state index contributed by atoms with van der Waals surface area (Å²) in [6, 6.07) is 16.0. The number of halogens is 2. The lowest BCUT2D eigenvalue weighted by molar-refractivity contribution is 0.201. The van der Waals surface area contributed by atoms with Crippen LogP contribution in [0, 0.1) is 5.82 Å². The zero-order chi connectivity index (χ0) is 12.8. The summed E-state index contributed by atoms with van der Waals surface area (Å²) in [5.41, 5.74) is 1.04. The molecule has 1 unspecified atom stereocenters. The van der Waals surface area contributed by atoms with E-state index in [1.54, 1.807) is 12.1 Å². The Kier molecular flexibility index (Phi) is 4.59. The number of hydrogen-bond donors (Lipinski definition) is 0. The number of ether oxygens (including phenoxy) is 1. The van der Waals surface area contributed by atoms with Crippen molar-refractivity contribution in [1.29, 1.82) is 0 Å². The average Bonchev–Trinajstić information content (AvgIpc) is 2.39. The van der Waals surface area contributed by atoms with E-state index in [0.717, 1.165) is 5.56 Å². The van der Waals surface area contributed by atoms with Crippen LogP contribution in [0.1, 0.15) is 18.1 Å². The van der Waals surface area contributed by atoms with E-state index in [1.807, 2.05) is 30.3 Å². The Labute approximate surface area is 111 Å². The van der Waals surface area contributed by atoms with Crippen LogP contribution in [0.4, 0.5) is 4.39 Å². The fraction of sp³-hybridized carbons (Fsp3) is 0.200. The Bertz CT molecular complexity index is 487. The molecule has 0 aliphatic heterocycles. The van der Waals surface area contributed by atoms with Crippen molar-refractivity contribution >= 4 is 11.6 Å². The third-order valence-corrected chi connectivity index (χ3v) is 2.84. The molecular formula is C15H14ClFO. The summed E-state index contributed by atoms with van der Waals surface area (Å²) >= 11 is 5.79. The second-order valence-corrected chi connectivity index (χ2v) is 4.33. The molecule has 94 valence electrons. The largest absolute Gasteiger partial charge is 0.486 e. The minimum atomic E-state index is -0.301. The fourth-order valence-electron chi connectivity index (χ4n) is 1.76. The molecule has 0 N–H and O–H groups in total. The lowest BCUT2D eigenvalue weighted by Gasteiger charge is -2.18. The normalized spacial score (nSPS) is 12.1. The van der Waals surface area contributed by atoms with Gasteiger partial charge in [-0.3, -0.25) is 0 Å². The molecule has 0 fully saturated rings. The summed E-state index contributed by atoms with van der Waals surface area (Å²) in [4.78, 5) is 0. The van der Waals surface area contributed by atoms with E-state index in [2.05, 4.69) is 0 Å². The highest BCUT2D eigenvalue weighted by Crippen LogP contribution is 2.25. The van der Waals surface area contributed by atoms with Crippen molar-refractivity contribution in [2.75, 3.05) is 5.88 Å². The summed E-state index contributed by atoms with van der Waals surface area (Å²) in [7, 11) is 0. The van der Waals surface area contributed by atoms with Crippen LogP contribution in [-0.2, 0) is 0 Å².